The first kappa shape index (κ1) is 14.3. The number of nitrogens with one attached hydrogen (secondary N) is 1. The molecule has 0 unspecified atom stereocenters. The van der Waals surface area contributed by atoms with Gasteiger partial charge in [0.2, 0.25) is 0 Å². The zero-order valence-corrected chi connectivity index (χ0v) is 12.2. The molecule has 1 N–H and O–H groups in total. The number of benzene rings is 1. The van der Waals surface area contributed by atoms with Gasteiger partial charge in [-0.2, -0.15) is 13.2 Å². The number of halogens is 3. The molecule has 2 aliphatic rings. The van der Waals surface area contributed by atoms with E-state index in [1.54, 1.807) is 18.5 Å². The molecule has 0 saturated heterocycles. The van der Waals surface area contributed by atoms with Crippen molar-refractivity contribution in [2.24, 2.45) is 5.92 Å². The highest BCUT2D eigenvalue weighted by Gasteiger charge is 2.42. The minimum Gasteiger partial charge on any atom is -0.377 e. The third-order valence-electron chi connectivity index (χ3n) is 4.77. The summed E-state index contributed by atoms with van der Waals surface area (Å²) in [7, 11) is 0. The number of rotatable bonds is 1. The van der Waals surface area contributed by atoms with Crippen LogP contribution in [0.15, 0.2) is 54.9 Å². The predicted molar refractivity (Wildman–Crippen MR) is 82.0 cm³/mol. The second kappa shape index (κ2) is 5.11. The molecule has 118 valence electrons. The van der Waals surface area contributed by atoms with Crippen molar-refractivity contribution in [3.63, 3.8) is 0 Å². The third kappa shape index (κ3) is 2.31. The van der Waals surface area contributed by atoms with Gasteiger partial charge in [0.25, 0.3) is 0 Å². The quantitative estimate of drug-likeness (QED) is 0.755. The van der Waals surface area contributed by atoms with Crippen molar-refractivity contribution in [3.8, 4) is 0 Å². The summed E-state index contributed by atoms with van der Waals surface area (Å²) < 4.78 is 40.1. The van der Waals surface area contributed by atoms with Gasteiger partial charge in [-0.3, -0.25) is 4.98 Å². The molecule has 4 rings (SSSR count). The summed E-state index contributed by atoms with van der Waals surface area (Å²) in [4.78, 5) is 4.00. The maximum absolute atomic E-state index is 13.4. The molecule has 3 atom stereocenters. The normalized spacial score (nSPS) is 25.6. The van der Waals surface area contributed by atoms with Crippen molar-refractivity contribution in [2.75, 3.05) is 5.32 Å². The number of anilines is 1. The monoisotopic (exact) mass is 316 g/mol. The minimum atomic E-state index is -4.36. The van der Waals surface area contributed by atoms with Crippen LogP contribution in [-0.2, 0) is 6.18 Å². The van der Waals surface area contributed by atoms with Crippen molar-refractivity contribution in [1.29, 1.82) is 0 Å². The summed E-state index contributed by atoms with van der Waals surface area (Å²) in [6.45, 7) is 0. The number of fused-ring (bicyclic) bond motifs is 3. The third-order valence-corrected chi connectivity index (χ3v) is 4.77. The lowest BCUT2D eigenvalue weighted by Gasteiger charge is -2.38. The number of para-hydroxylation sites is 1. The van der Waals surface area contributed by atoms with Crippen LogP contribution in [0.1, 0.15) is 35.1 Å². The van der Waals surface area contributed by atoms with Crippen LogP contribution in [0.25, 0.3) is 0 Å². The van der Waals surface area contributed by atoms with E-state index >= 15 is 0 Å². The number of pyridine rings is 1. The molecular weight excluding hydrogens is 301 g/mol. The molecule has 2 nitrogen and oxygen atoms in total. The number of nitrogens with zero attached hydrogens (tertiary/aromatic N) is 1. The van der Waals surface area contributed by atoms with Crippen LogP contribution in [0.4, 0.5) is 18.9 Å². The zero-order valence-electron chi connectivity index (χ0n) is 12.2. The molecule has 0 radical (unpaired) electrons. The van der Waals surface area contributed by atoms with Crippen molar-refractivity contribution in [1.82, 2.24) is 4.98 Å². The van der Waals surface area contributed by atoms with Crippen LogP contribution in [0, 0.1) is 5.92 Å². The van der Waals surface area contributed by atoms with Gasteiger partial charge in [0.1, 0.15) is 0 Å². The van der Waals surface area contributed by atoms with E-state index in [0.717, 1.165) is 23.6 Å². The van der Waals surface area contributed by atoms with Gasteiger partial charge in [0.15, 0.2) is 0 Å². The fraction of sp³-hybridized carbons (Fsp3) is 0.278. The molecule has 0 fully saturated rings. The van der Waals surface area contributed by atoms with Gasteiger partial charge in [0, 0.05) is 18.3 Å². The smallest absolute Gasteiger partial charge is 0.377 e. The molecule has 1 aliphatic carbocycles. The number of hydrogen-bond donors (Lipinski definition) is 1. The second-order valence-electron chi connectivity index (χ2n) is 6.02. The van der Waals surface area contributed by atoms with Crippen molar-refractivity contribution in [3.05, 3.63) is 71.6 Å². The summed E-state index contributed by atoms with van der Waals surface area (Å²) in [6.07, 6.45) is 3.97. The van der Waals surface area contributed by atoms with Crippen LogP contribution in [0.5, 0.6) is 0 Å². The molecular formula is C18H15F3N2. The van der Waals surface area contributed by atoms with Crippen LogP contribution < -0.4 is 5.32 Å². The Balaban J connectivity index is 1.86. The molecule has 5 heteroatoms. The Hall–Kier alpha value is -2.30. The standard InChI is InChI=1S/C18H15F3N2/c19-18(20,21)15-6-2-5-14-12-3-1-4-13(12)16(23-17(14)15)11-7-9-22-10-8-11/h1-3,5-10,12-13,16,23H,4H2/t12-,13-,16+/m0/s1. The van der Waals surface area contributed by atoms with E-state index in [1.165, 1.54) is 6.07 Å². The summed E-state index contributed by atoms with van der Waals surface area (Å²) in [5.41, 5.74) is 1.34. The SMILES string of the molecule is FC(F)(F)c1cccc2c1N[C@H](c1ccncc1)[C@H]1CC=C[C@H]21. The van der Waals surface area contributed by atoms with Crippen LogP contribution in [-0.4, -0.2) is 4.98 Å². The Morgan fingerprint density at radius 1 is 1.09 bits per heavy atom. The first-order chi connectivity index (χ1) is 11.1. The molecule has 2 aromatic rings. The topological polar surface area (TPSA) is 24.9 Å². The molecule has 0 spiro atoms. The minimum absolute atomic E-state index is 0.0201. The highest BCUT2D eigenvalue weighted by atomic mass is 19.4. The van der Waals surface area contributed by atoms with Crippen molar-refractivity contribution >= 4 is 5.69 Å². The van der Waals surface area contributed by atoms with E-state index < -0.39 is 11.7 Å². The number of alkyl halides is 3. The molecule has 1 aromatic carbocycles. The van der Waals surface area contributed by atoms with Gasteiger partial charge in [0.05, 0.1) is 17.3 Å². The molecule has 23 heavy (non-hydrogen) atoms. The number of allylic oxidation sites excluding steroid dienone is 2. The largest absolute Gasteiger partial charge is 0.418 e. The molecule has 0 saturated carbocycles. The van der Waals surface area contributed by atoms with Crippen LogP contribution in [0.2, 0.25) is 0 Å². The first-order valence-corrected chi connectivity index (χ1v) is 7.59. The molecule has 2 heterocycles. The lowest BCUT2D eigenvalue weighted by atomic mass is 9.76. The molecule has 1 aliphatic heterocycles. The predicted octanol–water partition coefficient (Wildman–Crippen LogP) is 4.93. The van der Waals surface area contributed by atoms with E-state index in [-0.39, 0.29) is 23.6 Å². The van der Waals surface area contributed by atoms with Gasteiger partial charge >= 0.3 is 6.18 Å². The lowest BCUT2D eigenvalue weighted by molar-refractivity contribution is -0.137. The van der Waals surface area contributed by atoms with E-state index in [0.29, 0.717) is 0 Å². The van der Waals surface area contributed by atoms with Crippen LogP contribution in [0.3, 0.4) is 0 Å². The highest BCUT2D eigenvalue weighted by Crippen LogP contribution is 2.52. The maximum Gasteiger partial charge on any atom is 0.418 e. The molecule has 1 aromatic heterocycles. The van der Waals surface area contributed by atoms with E-state index in [9.17, 15) is 13.2 Å². The highest BCUT2D eigenvalue weighted by molar-refractivity contribution is 5.65. The Bertz CT molecular complexity index is 753. The average molecular weight is 316 g/mol. The number of hydrogen-bond acceptors (Lipinski definition) is 2. The Labute approximate surface area is 132 Å². The van der Waals surface area contributed by atoms with Gasteiger partial charge in [-0.15, -0.1) is 0 Å². The summed E-state index contributed by atoms with van der Waals surface area (Å²) in [5, 5.41) is 3.17. The summed E-state index contributed by atoms with van der Waals surface area (Å²) in [5.74, 6) is 0.250. The number of aromatic nitrogens is 1. The summed E-state index contributed by atoms with van der Waals surface area (Å²) >= 11 is 0. The van der Waals surface area contributed by atoms with E-state index in [2.05, 4.69) is 16.4 Å². The van der Waals surface area contributed by atoms with Crippen molar-refractivity contribution in [2.45, 2.75) is 24.6 Å². The Morgan fingerprint density at radius 2 is 1.87 bits per heavy atom. The van der Waals surface area contributed by atoms with Gasteiger partial charge in [-0.25, -0.2) is 0 Å². The lowest BCUT2D eigenvalue weighted by Crippen LogP contribution is -2.30. The molecule has 0 amide bonds. The Morgan fingerprint density at radius 3 is 2.61 bits per heavy atom. The molecule has 0 bridgehead atoms. The van der Waals surface area contributed by atoms with E-state index in [4.69, 9.17) is 0 Å². The first-order valence-electron chi connectivity index (χ1n) is 7.59. The fourth-order valence-electron chi connectivity index (χ4n) is 3.76. The van der Waals surface area contributed by atoms with Crippen molar-refractivity contribution < 1.29 is 13.2 Å². The zero-order chi connectivity index (χ0) is 16.0. The van der Waals surface area contributed by atoms with E-state index in [1.807, 2.05) is 18.2 Å². The maximum atomic E-state index is 13.4. The van der Waals surface area contributed by atoms with Gasteiger partial charge in [-0.1, -0.05) is 24.3 Å². The van der Waals surface area contributed by atoms with Gasteiger partial charge in [-0.05, 0) is 41.7 Å². The fourth-order valence-corrected chi connectivity index (χ4v) is 3.76. The second-order valence-corrected chi connectivity index (χ2v) is 6.02. The average Bonchev–Trinajstić information content (AvgIpc) is 3.03. The summed E-state index contributed by atoms with van der Waals surface area (Å²) in [6, 6.07) is 8.04. The Kier molecular flexibility index (Phi) is 3.18. The van der Waals surface area contributed by atoms with Gasteiger partial charge < -0.3 is 5.32 Å². The van der Waals surface area contributed by atoms with Crippen LogP contribution >= 0.6 is 0 Å².